The van der Waals surface area contributed by atoms with Crippen molar-refractivity contribution in [3.8, 4) is 11.1 Å². The molecule has 0 bridgehead atoms. The van der Waals surface area contributed by atoms with Crippen molar-refractivity contribution in [2.75, 3.05) is 6.54 Å². The van der Waals surface area contributed by atoms with Gasteiger partial charge in [0.1, 0.15) is 6.17 Å². The predicted octanol–water partition coefficient (Wildman–Crippen LogP) is 3.03. The molecule has 3 rings (SSSR count). The number of amides is 1. The molecule has 1 aliphatic rings. The highest BCUT2D eigenvalue weighted by Crippen LogP contribution is 2.31. The van der Waals surface area contributed by atoms with Crippen molar-refractivity contribution in [2.45, 2.75) is 31.4 Å². The SMILES string of the molecule is Cl.NC(=O)[C@H]1C[C@@H](F)CN1Cc1cc(-c2cnc(C(F)(F)F)nc2)c(Cl)cn1. The molecule has 2 N–H and O–H groups in total. The minimum Gasteiger partial charge on any atom is -0.368 e. The molecule has 0 aromatic carbocycles. The van der Waals surface area contributed by atoms with Crippen LogP contribution >= 0.6 is 24.0 Å². The Hall–Kier alpha value is -2.04. The molecule has 2 aromatic heterocycles. The number of carbonyl (C=O) groups is 1. The molecule has 6 nitrogen and oxygen atoms in total. The van der Waals surface area contributed by atoms with Gasteiger partial charge in [-0.1, -0.05) is 11.6 Å². The largest absolute Gasteiger partial charge is 0.451 e. The van der Waals surface area contributed by atoms with E-state index in [2.05, 4.69) is 15.0 Å². The van der Waals surface area contributed by atoms with E-state index in [-0.39, 0.29) is 42.5 Å². The van der Waals surface area contributed by atoms with Gasteiger partial charge in [-0.25, -0.2) is 14.4 Å². The molecule has 1 amide bonds. The summed E-state index contributed by atoms with van der Waals surface area (Å²) in [6, 6.07) is 0.799. The minimum atomic E-state index is -4.64. The summed E-state index contributed by atoms with van der Waals surface area (Å²) in [4.78, 5) is 23.8. The van der Waals surface area contributed by atoms with E-state index in [9.17, 15) is 22.4 Å². The zero-order chi connectivity index (χ0) is 19.8. The molecule has 28 heavy (non-hydrogen) atoms. The van der Waals surface area contributed by atoms with E-state index >= 15 is 0 Å². The van der Waals surface area contributed by atoms with Crippen LogP contribution in [0.4, 0.5) is 17.6 Å². The number of hydrogen-bond acceptors (Lipinski definition) is 5. The first kappa shape index (κ1) is 22.3. The molecule has 12 heteroatoms. The van der Waals surface area contributed by atoms with Gasteiger partial charge in [0.25, 0.3) is 0 Å². The molecule has 0 saturated carbocycles. The molecule has 1 fully saturated rings. The Morgan fingerprint density at radius 3 is 2.46 bits per heavy atom. The molecule has 1 saturated heterocycles. The summed E-state index contributed by atoms with van der Waals surface area (Å²) in [6.07, 6.45) is -2.44. The molecule has 2 aromatic rings. The van der Waals surface area contributed by atoms with E-state index in [1.54, 1.807) is 4.90 Å². The highest BCUT2D eigenvalue weighted by Gasteiger charge is 2.36. The molecular formula is C16H15Cl2F4N5O. The lowest BCUT2D eigenvalue weighted by molar-refractivity contribution is -0.145. The average molecular weight is 440 g/mol. The van der Waals surface area contributed by atoms with Crippen LogP contribution < -0.4 is 5.73 Å². The fourth-order valence-electron chi connectivity index (χ4n) is 2.93. The van der Waals surface area contributed by atoms with Crippen molar-refractivity contribution in [1.29, 1.82) is 0 Å². The fourth-order valence-corrected chi connectivity index (χ4v) is 3.14. The minimum absolute atomic E-state index is 0. The number of aromatic nitrogens is 3. The van der Waals surface area contributed by atoms with E-state index < -0.39 is 30.1 Å². The third kappa shape index (κ3) is 4.86. The molecule has 1 aliphatic heterocycles. The summed E-state index contributed by atoms with van der Waals surface area (Å²) in [5.74, 6) is -1.88. The Kier molecular flexibility index (Phi) is 6.79. The predicted molar refractivity (Wildman–Crippen MR) is 95.4 cm³/mol. The summed E-state index contributed by atoms with van der Waals surface area (Å²) < 4.78 is 51.4. The second-order valence-electron chi connectivity index (χ2n) is 6.13. The van der Waals surface area contributed by atoms with Gasteiger partial charge in [0.2, 0.25) is 11.7 Å². The van der Waals surface area contributed by atoms with Gasteiger partial charge in [0.05, 0.1) is 16.8 Å². The van der Waals surface area contributed by atoms with Crippen LogP contribution in [0.15, 0.2) is 24.7 Å². The van der Waals surface area contributed by atoms with Gasteiger partial charge in [-0.2, -0.15) is 13.2 Å². The number of pyridine rings is 1. The summed E-state index contributed by atoms with van der Waals surface area (Å²) in [6.45, 7) is 0.177. The van der Waals surface area contributed by atoms with Crippen LogP contribution in [0.5, 0.6) is 0 Å². The lowest BCUT2D eigenvalue weighted by Gasteiger charge is -2.21. The van der Waals surface area contributed by atoms with E-state index in [1.165, 1.54) is 12.3 Å². The molecule has 3 heterocycles. The standard InChI is InChI=1S/C16H14ClF4N5O.ClH/c17-12-5-23-10(7-26-6-9(18)1-13(26)14(22)27)2-11(12)8-3-24-15(25-4-8)16(19,20)21;/h2-5,9,13H,1,6-7H2,(H2,22,27);1H/t9-,13-;/m1./s1. The lowest BCUT2D eigenvalue weighted by Crippen LogP contribution is -2.39. The van der Waals surface area contributed by atoms with Crippen LogP contribution in [0.1, 0.15) is 17.9 Å². The van der Waals surface area contributed by atoms with Gasteiger partial charge in [-0.05, 0) is 6.07 Å². The first-order valence-electron chi connectivity index (χ1n) is 7.86. The molecule has 152 valence electrons. The van der Waals surface area contributed by atoms with Crippen molar-refractivity contribution in [3.63, 3.8) is 0 Å². The Labute approximate surface area is 168 Å². The third-order valence-electron chi connectivity index (χ3n) is 4.17. The highest BCUT2D eigenvalue weighted by atomic mass is 35.5. The van der Waals surface area contributed by atoms with Gasteiger partial charge in [-0.3, -0.25) is 14.7 Å². The molecule has 0 aliphatic carbocycles. The van der Waals surface area contributed by atoms with Crippen molar-refractivity contribution < 1.29 is 22.4 Å². The Morgan fingerprint density at radius 2 is 1.89 bits per heavy atom. The van der Waals surface area contributed by atoms with Crippen LogP contribution in [0.3, 0.4) is 0 Å². The molecule has 0 unspecified atom stereocenters. The topological polar surface area (TPSA) is 85.0 Å². The maximum absolute atomic E-state index is 13.6. The van der Waals surface area contributed by atoms with Crippen molar-refractivity contribution in [3.05, 3.63) is 41.2 Å². The summed E-state index contributed by atoms with van der Waals surface area (Å²) >= 11 is 6.09. The molecule has 0 spiro atoms. The number of alkyl halides is 4. The van der Waals surface area contributed by atoms with Crippen molar-refractivity contribution in [1.82, 2.24) is 19.9 Å². The van der Waals surface area contributed by atoms with Crippen LogP contribution in [-0.4, -0.2) is 44.5 Å². The maximum Gasteiger partial charge on any atom is 0.451 e. The second kappa shape index (κ2) is 8.54. The molecule has 2 atom stereocenters. The van der Waals surface area contributed by atoms with E-state index in [0.29, 0.717) is 11.3 Å². The number of likely N-dealkylation sites (tertiary alicyclic amines) is 1. The average Bonchev–Trinajstić information content (AvgIpc) is 2.96. The smallest absolute Gasteiger partial charge is 0.368 e. The zero-order valence-corrected chi connectivity index (χ0v) is 15.7. The second-order valence-corrected chi connectivity index (χ2v) is 6.54. The highest BCUT2D eigenvalue weighted by molar-refractivity contribution is 6.33. The Morgan fingerprint density at radius 1 is 1.25 bits per heavy atom. The van der Waals surface area contributed by atoms with Gasteiger partial charge in [0.15, 0.2) is 0 Å². The number of halogens is 6. The first-order valence-corrected chi connectivity index (χ1v) is 8.24. The number of nitrogens with two attached hydrogens (primary N) is 1. The van der Waals surface area contributed by atoms with Crippen LogP contribution in [0.25, 0.3) is 11.1 Å². The van der Waals surface area contributed by atoms with E-state index in [1.807, 2.05) is 0 Å². The zero-order valence-electron chi connectivity index (χ0n) is 14.2. The van der Waals surface area contributed by atoms with Crippen LogP contribution in [0.2, 0.25) is 5.02 Å². The number of nitrogens with zero attached hydrogens (tertiary/aromatic N) is 4. The third-order valence-corrected chi connectivity index (χ3v) is 4.48. The fraction of sp³-hybridized carbons (Fsp3) is 0.375. The van der Waals surface area contributed by atoms with Crippen LogP contribution in [0, 0.1) is 0 Å². The van der Waals surface area contributed by atoms with E-state index in [0.717, 1.165) is 12.4 Å². The number of hydrogen-bond donors (Lipinski definition) is 1. The number of rotatable bonds is 4. The summed E-state index contributed by atoms with van der Waals surface area (Å²) in [7, 11) is 0. The monoisotopic (exact) mass is 439 g/mol. The molecular weight excluding hydrogens is 425 g/mol. The lowest BCUT2D eigenvalue weighted by atomic mass is 10.1. The Balaban J connectivity index is 0.00000280. The normalized spacial score (nSPS) is 20.0. The van der Waals surface area contributed by atoms with E-state index in [4.69, 9.17) is 17.3 Å². The quantitative estimate of drug-likeness (QED) is 0.740. The van der Waals surface area contributed by atoms with Gasteiger partial charge < -0.3 is 5.73 Å². The van der Waals surface area contributed by atoms with Gasteiger partial charge >= 0.3 is 6.18 Å². The number of carbonyl (C=O) groups excluding carboxylic acids is 1. The molecule has 0 radical (unpaired) electrons. The number of primary amides is 1. The van der Waals surface area contributed by atoms with Crippen molar-refractivity contribution >= 4 is 29.9 Å². The van der Waals surface area contributed by atoms with Crippen molar-refractivity contribution in [2.24, 2.45) is 5.73 Å². The summed E-state index contributed by atoms with van der Waals surface area (Å²) in [5.41, 5.74) is 6.40. The van der Waals surface area contributed by atoms with Crippen LogP contribution in [-0.2, 0) is 17.5 Å². The van der Waals surface area contributed by atoms with Gasteiger partial charge in [0, 0.05) is 49.2 Å². The first-order chi connectivity index (χ1) is 12.6. The van der Waals surface area contributed by atoms with Gasteiger partial charge in [-0.15, -0.1) is 12.4 Å². The maximum atomic E-state index is 13.6. The summed E-state index contributed by atoms with van der Waals surface area (Å²) in [5, 5.41) is 0.193. The Bertz CT molecular complexity index is 850.